The van der Waals surface area contributed by atoms with Crippen LogP contribution in [0.15, 0.2) is 24.3 Å². The molecule has 2 fully saturated rings. The molecule has 2 saturated carbocycles. The van der Waals surface area contributed by atoms with Gasteiger partial charge in [0.2, 0.25) is 0 Å². The molecular formula is C29H45F3O. The second-order valence-electron chi connectivity index (χ2n) is 10.9. The summed E-state index contributed by atoms with van der Waals surface area (Å²) in [5.74, 6) is 4.04. The molecule has 0 aromatic heterocycles. The van der Waals surface area contributed by atoms with Gasteiger partial charge in [-0.25, -0.2) is 0 Å². The summed E-state index contributed by atoms with van der Waals surface area (Å²) >= 11 is 0. The van der Waals surface area contributed by atoms with Gasteiger partial charge < -0.3 is 4.74 Å². The van der Waals surface area contributed by atoms with Crippen molar-refractivity contribution in [1.29, 1.82) is 0 Å². The van der Waals surface area contributed by atoms with Gasteiger partial charge in [0.15, 0.2) is 6.61 Å². The van der Waals surface area contributed by atoms with E-state index in [4.69, 9.17) is 4.74 Å². The van der Waals surface area contributed by atoms with E-state index in [1.54, 1.807) is 12.1 Å². The number of alkyl halides is 3. The van der Waals surface area contributed by atoms with Gasteiger partial charge in [-0.05, 0) is 79.9 Å². The Morgan fingerprint density at radius 2 is 1.27 bits per heavy atom. The Morgan fingerprint density at radius 1 is 0.727 bits per heavy atom. The highest BCUT2D eigenvalue weighted by molar-refractivity contribution is 5.27. The number of hydrogen-bond acceptors (Lipinski definition) is 1. The standard InChI is InChI=1S/C29H45F3O/c1-2-3-4-5-6-7-23-10-16-26(17-11-23)27-18-12-24(13-19-27)8-9-25-14-20-28(21-15-25)33-22-29(30,31)32/h14-15,20-21,23-24,26-27H,2-13,16-19,22H2,1H3. The van der Waals surface area contributed by atoms with Crippen LogP contribution in [-0.4, -0.2) is 12.8 Å². The predicted octanol–water partition coefficient (Wildman–Crippen LogP) is 9.53. The molecule has 0 amide bonds. The van der Waals surface area contributed by atoms with Crippen LogP contribution in [0.3, 0.4) is 0 Å². The van der Waals surface area contributed by atoms with Crippen molar-refractivity contribution in [3.05, 3.63) is 29.8 Å². The van der Waals surface area contributed by atoms with E-state index in [-0.39, 0.29) is 0 Å². The summed E-state index contributed by atoms with van der Waals surface area (Å²) in [6.45, 7) is 1.06. The highest BCUT2D eigenvalue weighted by Crippen LogP contribution is 2.43. The first-order chi connectivity index (χ1) is 15.9. The Morgan fingerprint density at radius 3 is 1.82 bits per heavy atom. The minimum atomic E-state index is -4.29. The molecule has 3 rings (SSSR count). The zero-order valence-electron chi connectivity index (χ0n) is 20.7. The highest BCUT2D eigenvalue weighted by Gasteiger charge is 2.31. The molecule has 33 heavy (non-hydrogen) atoms. The van der Waals surface area contributed by atoms with Crippen LogP contribution in [-0.2, 0) is 6.42 Å². The van der Waals surface area contributed by atoms with E-state index in [2.05, 4.69) is 6.92 Å². The average Bonchev–Trinajstić information content (AvgIpc) is 2.82. The second-order valence-corrected chi connectivity index (χ2v) is 10.9. The van der Waals surface area contributed by atoms with Gasteiger partial charge in [-0.3, -0.25) is 0 Å². The first kappa shape index (κ1) is 26.4. The average molecular weight is 467 g/mol. The topological polar surface area (TPSA) is 9.23 Å². The zero-order chi connectivity index (χ0) is 23.5. The van der Waals surface area contributed by atoms with Crippen LogP contribution in [0, 0.1) is 23.7 Å². The maximum absolute atomic E-state index is 12.3. The summed E-state index contributed by atoms with van der Waals surface area (Å²) in [4.78, 5) is 0. The summed E-state index contributed by atoms with van der Waals surface area (Å²) in [5, 5.41) is 0. The number of ether oxygens (including phenoxy) is 1. The Balaban J connectivity index is 1.28. The molecule has 2 aliphatic rings. The molecule has 0 bridgehead atoms. The number of aryl methyl sites for hydroxylation is 1. The molecule has 1 aromatic carbocycles. The molecule has 1 nitrogen and oxygen atoms in total. The van der Waals surface area contributed by atoms with Crippen molar-refractivity contribution in [1.82, 2.24) is 0 Å². The molecule has 188 valence electrons. The fourth-order valence-electron chi connectivity index (χ4n) is 6.22. The van der Waals surface area contributed by atoms with E-state index >= 15 is 0 Å². The third-order valence-corrected chi connectivity index (χ3v) is 8.33. The van der Waals surface area contributed by atoms with Crippen LogP contribution in [0.5, 0.6) is 5.75 Å². The number of rotatable bonds is 12. The third-order valence-electron chi connectivity index (χ3n) is 8.33. The van der Waals surface area contributed by atoms with Gasteiger partial charge in [-0.15, -0.1) is 0 Å². The van der Waals surface area contributed by atoms with Gasteiger partial charge in [0, 0.05) is 0 Å². The molecule has 0 aliphatic heterocycles. The Labute approximate surface area is 199 Å². The smallest absolute Gasteiger partial charge is 0.422 e. The van der Waals surface area contributed by atoms with E-state index in [0.717, 1.165) is 30.1 Å². The van der Waals surface area contributed by atoms with Crippen molar-refractivity contribution >= 4 is 0 Å². The van der Waals surface area contributed by atoms with Gasteiger partial charge in [0.1, 0.15) is 5.75 Å². The molecule has 0 N–H and O–H groups in total. The van der Waals surface area contributed by atoms with Gasteiger partial charge >= 0.3 is 6.18 Å². The van der Waals surface area contributed by atoms with Crippen molar-refractivity contribution < 1.29 is 17.9 Å². The van der Waals surface area contributed by atoms with Crippen LogP contribution in [0.1, 0.15) is 109 Å². The lowest BCUT2D eigenvalue weighted by atomic mass is 9.68. The van der Waals surface area contributed by atoms with Gasteiger partial charge in [-0.2, -0.15) is 13.2 Å². The van der Waals surface area contributed by atoms with Gasteiger partial charge in [0.25, 0.3) is 0 Å². The Kier molecular flexibility index (Phi) is 10.9. The van der Waals surface area contributed by atoms with Crippen molar-refractivity contribution in [2.45, 2.75) is 116 Å². The van der Waals surface area contributed by atoms with Crippen LogP contribution >= 0.6 is 0 Å². The fourth-order valence-corrected chi connectivity index (χ4v) is 6.22. The van der Waals surface area contributed by atoms with E-state index in [1.807, 2.05) is 12.1 Å². The highest BCUT2D eigenvalue weighted by atomic mass is 19.4. The molecule has 0 heterocycles. The Bertz CT molecular complexity index is 638. The van der Waals surface area contributed by atoms with Crippen molar-refractivity contribution in [3.8, 4) is 5.75 Å². The van der Waals surface area contributed by atoms with E-state index in [1.165, 1.54) is 102 Å². The van der Waals surface area contributed by atoms with Crippen LogP contribution in [0.25, 0.3) is 0 Å². The van der Waals surface area contributed by atoms with Crippen molar-refractivity contribution in [2.24, 2.45) is 23.7 Å². The zero-order valence-corrected chi connectivity index (χ0v) is 20.7. The quantitative estimate of drug-likeness (QED) is 0.279. The van der Waals surface area contributed by atoms with Crippen LogP contribution in [0.2, 0.25) is 0 Å². The first-order valence-electron chi connectivity index (χ1n) is 13.7. The molecule has 0 radical (unpaired) electrons. The van der Waals surface area contributed by atoms with Gasteiger partial charge in [-0.1, -0.05) is 83.3 Å². The molecule has 2 aliphatic carbocycles. The SMILES string of the molecule is CCCCCCCC1CCC(C2CCC(CCc3ccc(OCC(F)(F)F)cc3)CC2)CC1. The van der Waals surface area contributed by atoms with Gasteiger partial charge in [0.05, 0.1) is 0 Å². The monoisotopic (exact) mass is 466 g/mol. The normalized spacial score (nSPS) is 26.3. The third kappa shape index (κ3) is 9.91. The van der Waals surface area contributed by atoms with E-state index in [9.17, 15) is 13.2 Å². The maximum Gasteiger partial charge on any atom is 0.422 e. The second kappa shape index (κ2) is 13.6. The summed E-state index contributed by atoms with van der Waals surface area (Å²) in [6.07, 6.45) is 17.9. The molecule has 1 aromatic rings. The Hall–Kier alpha value is -1.19. The largest absolute Gasteiger partial charge is 0.484 e. The first-order valence-corrected chi connectivity index (χ1v) is 13.7. The minimum Gasteiger partial charge on any atom is -0.484 e. The minimum absolute atomic E-state index is 0.294. The molecule has 0 saturated heterocycles. The van der Waals surface area contributed by atoms with Crippen molar-refractivity contribution in [2.75, 3.05) is 6.61 Å². The number of unbranched alkanes of at least 4 members (excludes halogenated alkanes) is 4. The lowest BCUT2D eigenvalue weighted by molar-refractivity contribution is -0.153. The predicted molar refractivity (Wildman–Crippen MR) is 131 cm³/mol. The summed E-state index contributed by atoms with van der Waals surface area (Å²) in [7, 11) is 0. The molecule has 0 spiro atoms. The number of benzene rings is 1. The lowest BCUT2D eigenvalue weighted by Gasteiger charge is -2.38. The maximum atomic E-state index is 12.3. The van der Waals surface area contributed by atoms with E-state index < -0.39 is 12.8 Å². The summed E-state index contributed by atoms with van der Waals surface area (Å²) in [6, 6.07) is 7.16. The summed E-state index contributed by atoms with van der Waals surface area (Å²) in [5.41, 5.74) is 1.20. The molecular weight excluding hydrogens is 421 g/mol. The van der Waals surface area contributed by atoms with Crippen molar-refractivity contribution in [3.63, 3.8) is 0 Å². The van der Waals surface area contributed by atoms with Crippen LogP contribution in [0.4, 0.5) is 13.2 Å². The molecule has 4 heteroatoms. The summed E-state index contributed by atoms with van der Waals surface area (Å²) < 4.78 is 41.6. The number of hydrogen-bond donors (Lipinski definition) is 0. The number of halogens is 3. The molecule has 0 unspecified atom stereocenters. The van der Waals surface area contributed by atoms with E-state index in [0.29, 0.717) is 5.75 Å². The molecule has 0 atom stereocenters. The van der Waals surface area contributed by atoms with Crippen LogP contribution < -0.4 is 4.74 Å². The fraction of sp³-hybridized carbons (Fsp3) is 0.793. The lowest BCUT2D eigenvalue weighted by Crippen LogP contribution is -2.26.